The molecule has 1 heterocycles. The van der Waals surface area contributed by atoms with Crippen molar-refractivity contribution in [3.63, 3.8) is 0 Å². The second-order valence-electron chi connectivity index (χ2n) is 16.7. The zero-order valence-electron chi connectivity index (χ0n) is 37.2. The minimum Gasteiger partial charge on any atom is -0.475 e. The minimum atomic E-state index is -5.08. The highest BCUT2D eigenvalue weighted by atomic mass is 19.4. The van der Waals surface area contributed by atoms with E-state index in [0.717, 1.165) is 0 Å². The summed E-state index contributed by atoms with van der Waals surface area (Å²) in [6.45, 7) is 11.1. The van der Waals surface area contributed by atoms with Crippen molar-refractivity contribution in [1.29, 1.82) is 0 Å². The Hall–Kier alpha value is -6.38. The number of nitrogens with two attached hydrogens (primary N) is 1. The molecular formula is C44H59F3N8O10. The highest BCUT2D eigenvalue weighted by molar-refractivity contribution is 6.30. The lowest BCUT2D eigenvalue weighted by molar-refractivity contribution is -0.192. The van der Waals surface area contributed by atoms with Crippen molar-refractivity contribution >= 4 is 58.7 Å². The number of nitrogens with zero attached hydrogens (tertiary/aromatic N) is 1. The van der Waals surface area contributed by atoms with Crippen LogP contribution < -0.4 is 37.6 Å². The van der Waals surface area contributed by atoms with Gasteiger partial charge in [-0.2, -0.15) is 13.2 Å². The number of benzene rings is 2. The molecule has 6 amide bonds. The van der Waals surface area contributed by atoms with Crippen LogP contribution >= 0.6 is 0 Å². The first-order chi connectivity index (χ1) is 30.4. The van der Waals surface area contributed by atoms with Gasteiger partial charge in [0.15, 0.2) is 11.6 Å². The topological polar surface area (TPSA) is 275 Å². The lowest BCUT2D eigenvalue weighted by atomic mass is 9.83. The quantitative estimate of drug-likeness (QED) is 0.0803. The Kier molecular flexibility index (Phi) is 19.6. The van der Waals surface area contributed by atoms with Crippen LogP contribution in [0.4, 0.5) is 18.9 Å². The Morgan fingerprint density at radius 2 is 1.34 bits per heavy atom. The molecule has 356 valence electrons. The van der Waals surface area contributed by atoms with Crippen LogP contribution in [0, 0.1) is 11.8 Å². The van der Waals surface area contributed by atoms with E-state index in [1.807, 2.05) is 27.7 Å². The molecule has 2 aromatic rings. The third kappa shape index (κ3) is 15.4. The summed E-state index contributed by atoms with van der Waals surface area (Å²) < 4.78 is 31.7. The average molecular weight is 917 g/mol. The molecule has 1 aliphatic heterocycles. The first kappa shape index (κ1) is 53.0. The SMILES string of the molecule is CC(C)C[C@H](NC(=O)[C@H](C)NC(=O)[C@H](C)N)C(=O)NCC(=O)N[C@@H](CC(C)C)C(=O)N1CCC[C@@H]1C(=O)NCCCNc1cccc2c1C(=O)c1ccccc1C2=O.O=C(O)C(F)(F)F. The maximum Gasteiger partial charge on any atom is 0.490 e. The molecule has 5 atom stereocenters. The summed E-state index contributed by atoms with van der Waals surface area (Å²) in [7, 11) is 0. The van der Waals surface area contributed by atoms with Gasteiger partial charge < -0.3 is 47.6 Å². The van der Waals surface area contributed by atoms with Gasteiger partial charge >= 0.3 is 12.1 Å². The standard InChI is InChI=1S/C42H58N8O8.C2HF3O2/c1-23(2)20-31(49-39(55)26(6)47-38(54)25(5)43)40(56)46-22-34(51)48-32(21-24(3)4)42(58)50-19-10-16-33(50)41(57)45-18-11-17-44-30-15-9-14-29-35(30)37(53)28-13-8-7-12-27(28)36(29)52;3-2(4,5)1(6)7/h7-9,12-15,23-26,31-33,44H,10-11,16-22,43H2,1-6H3,(H,45,57)(H,46,56)(H,47,54)(H,48,51)(H,49,55);(H,6,7)/t25-,26-,31-,32-,33+;/m0./s1. The molecule has 0 unspecified atom stereocenters. The van der Waals surface area contributed by atoms with Gasteiger partial charge in [-0.1, -0.05) is 64.1 Å². The molecule has 18 nitrogen and oxygen atoms in total. The normalized spacial score (nSPS) is 16.1. The summed E-state index contributed by atoms with van der Waals surface area (Å²) in [5, 5.41) is 23.7. The van der Waals surface area contributed by atoms with E-state index >= 15 is 0 Å². The summed E-state index contributed by atoms with van der Waals surface area (Å²) in [6.07, 6.45) is -2.95. The number of fused-ring (bicyclic) bond motifs is 2. The van der Waals surface area contributed by atoms with Crippen molar-refractivity contribution in [2.45, 2.75) is 110 Å². The first-order valence-corrected chi connectivity index (χ1v) is 21.3. The van der Waals surface area contributed by atoms with Crippen LogP contribution in [0.25, 0.3) is 0 Å². The monoisotopic (exact) mass is 916 g/mol. The second kappa shape index (κ2) is 24.1. The fourth-order valence-electron chi connectivity index (χ4n) is 7.08. The summed E-state index contributed by atoms with van der Waals surface area (Å²) in [5.41, 5.74) is 7.54. The number of anilines is 1. The summed E-state index contributed by atoms with van der Waals surface area (Å²) in [5.74, 6) is -6.18. The second-order valence-corrected chi connectivity index (χ2v) is 16.7. The zero-order valence-corrected chi connectivity index (χ0v) is 37.2. The Morgan fingerprint density at radius 3 is 1.92 bits per heavy atom. The van der Waals surface area contributed by atoms with Crippen LogP contribution in [0.3, 0.4) is 0 Å². The van der Waals surface area contributed by atoms with Crippen LogP contribution in [0.1, 0.15) is 105 Å². The van der Waals surface area contributed by atoms with Crippen molar-refractivity contribution in [1.82, 2.24) is 31.5 Å². The number of carbonyl (C=O) groups is 9. The molecule has 0 bridgehead atoms. The van der Waals surface area contributed by atoms with Crippen molar-refractivity contribution in [3.8, 4) is 0 Å². The maximum atomic E-state index is 13.9. The number of carboxylic acids is 1. The van der Waals surface area contributed by atoms with E-state index < -0.39 is 78.4 Å². The Labute approximate surface area is 374 Å². The molecule has 1 saturated heterocycles. The predicted octanol–water partition coefficient (Wildman–Crippen LogP) is 2.03. The van der Waals surface area contributed by atoms with Gasteiger partial charge in [-0.15, -0.1) is 0 Å². The van der Waals surface area contributed by atoms with Crippen molar-refractivity contribution < 1.29 is 61.4 Å². The van der Waals surface area contributed by atoms with Gasteiger partial charge in [-0.05, 0) is 63.9 Å². The van der Waals surface area contributed by atoms with E-state index in [4.69, 9.17) is 15.6 Å². The fourth-order valence-corrected chi connectivity index (χ4v) is 7.08. The van der Waals surface area contributed by atoms with Gasteiger partial charge in [-0.25, -0.2) is 4.79 Å². The number of carbonyl (C=O) groups excluding carboxylic acids is 8. The molecule has 9 N–H and O–H groups in total. The molecule has 65 heavy (non-hydrogen) atoms. The molecule has 2 aromatic carbocycles. The van der Waals surface area contributed by atoms with Crippen molar-refractivity contribution in [2.75, 3.05) is 31.5 Å². The summed E-state index contributed by atoms with van der Waals surface area (Å²) in [4.78, 5) is 115. The lowest BCUT2D eigenvalue weighted by Gasteiger charge is -2.29. The highest BCUT2D eigenvalue weighted by Crippen LogP contribution is 2.32. The number of hydrogen-bond acceptors (Lipinski definition) is 11. The molecule has 1 aliphatic carbocycles. The van der Waals surface area contributed by atoms with Crippen LogP contribution in [0.5, 0.6) is 0 Å². The molecule has 0 saturated carbocycles. The fraction of sp³-hybridized carbons (Fsp3) is 0.523. The van der Waals surface area contributed by atoms with Gasteiger partial charge in [-0.3, -0.25) is 38.4 Å². The van der Waals surface area contributed by atoms with Gasteiger partial charge in [0, 0.05) is 42.0 Å². The number of ketones is 2. The van der Waals surface area contributed by atoms with E-state index in [-0.39, 0.29) is 35.7 Å². The Balaban J connectivity index is 0.00000148. The smallest absolute Gasteiger partial charge is 0.475 e. The van der Waals surface area contributed by atoms with Crippen LogP contribution in [0.2, 0.25) is 0 Å². The third-order valence-corrected chi connectivity index (χ3v) is 10.3. The molecule has 1 fully saturated rings. The lowest BCUT2D eigenvalue weighted by Crippen LogP contribution is -2.56. The number of aliphatic carboxylic acids is 1. The number of amides is 6. The molecule has 2 aliphatic rings. The number of halogens is 3. The molecule has 0 radical (unpaired) electrons. The number of rotatable bonds is 19. The molecule has 4 rings (SSSR count). The van der Waals surface area contributed by atoms with Gasteiger partial charge in [0.25, 0.3) is 0 Å². The zero-order chi connectivity index (χ0) is 48.8. The number of hydrogen-bond donors (Lipinski definition) is 8. The largest absolute Gasteiger partial charge is 0.490 e. The maximum absolute atomic E-state index is 13.9. The summed E-state index contributed by atoms with van der Waals surface area (Å²) >= 11 is 0. The van der Waals surface area contributed by atoms with Crippen LogP contribution in [-0.4, -0.2) is 126 Å². The Morgan fingerprint density at radius 1 is 0.754 bits per heavy atom. The number of likely N-dealkylation sites (tertiary alicyclic amines) is 1. The minimum absolute atomic E-state index is 0.00736. The predicted molar refractivity (Wildman–Crippen MR) is 231 cm³/mol. The van der Waals surface area contributed by atoms with E-state index in [9.17, 15) is 51.5 Å². The third-order valence-electron chi connectivity index (χ3n) is 10.3. The van der Waals surface area contributed by atoms with E-state index in [0.29, 0.717) is 73.3 Å². The van der Waals surface area contributed by atoms with Crippen molar-refractivity contribution in [3.05, 3.63) is 64.7 Å². The van der Waals surface area contributed by atoms with Gasteiger partial charge in [0.05, 0.1) is 18.2 Å². The van der Waals surface area contributed by atoms with Crippen LogP contribution in [0.15, 0.2) is 42.5 Å². The molecular weight excluding hydrogens is 858 g/mol. The number of nitrogens with one attached hydrogen (secondary N) is 6. The van der Waals surface area contributed by atoms with Gasteiger partial charge in [0.1, 0.15) is 24.2 Å². The molecule has 21 heteroatoms. The Bertz CT molecular complexity index is 2090. The van der Waals surface area contributed by atoms with E-state index in [1.54, 1.807) is 42.5 Å². The molecule has 0 spiro atoms. The summed E-state index contributed by atoms with van der Waals surface area (Å²) in [6, 6.07) is 7.44. The van der Waals surface area contributed by atoms with Gasteiger partial charge in [0.2, 0.25) is 35.4 Å². The van der Waals surface area contributed by atoms with Crippen LogP contribution in [-0.2, 0) is 33.6 Å². The first-order valence-electron chi connectivity index (χ1n) is 21.3. The number of alkyl halides is 3. The highest BCUT2D eigenvalue weighted by Gasteiger charge is 2.39. The van der Waals surface area contributed by atoms with E-state index in [1.165, 1.54) is 18.7 Å². The average Bonchev–Trinajstić information content (AvgIpc) is 3.73. The molecule has 0 aromatic heterocycles. The number of carboxylic acid groups (broad SMARTS) is 1. The van der Waals surface area contributed by atoms with Crippen molar-refractivity contribution in [2.24, 2.45) is 17.6 Å². The van der Waals surface area contributed by atoms with E-state index in [2.05, 4.69) is 31.9 Å².